The van der Waals surface area contributed by atoms with Crippen LogP contribution in [0.25, 0.3) is 0 Å². The van der Waals surface area contributed by atoms with Gasteiger partial charge in [-0.1, -0.05) is 17.7 Å². The lowest BCUT2D eigenvalue weighted by molar-refractivity contribution is 0.101. The standard InChI is InChI=1S/C16H14ClFO3/c1-10(19)11-6-7-14(20-2)12(8-11)9-21-15-5-3-4-13(17)16(15)18/h3-8H,9H2,1-2H3. The highest BCUT2D eigenvalue weighted by Crippen LogP contribution is 2.27. The number of ether oxygens (including phenoxy) is 2. The van der Waals surface area contributed by atoms with Crippen LogP contribution in [0.4, 0.5) is 4.39 Å². The van der Waals surface area contributed by atoms with E-state index >= 15 is 0 Å². The fourth-order valence-corrected chi connectivity index (χ4v) is 2.03. The molecule has 0 spiro atoms. The van der Waals surface area contributed by atoms with Crippen LogP contribution in [0.5, 0.6) is 11.5 Å². The smallest absolute Gasteiger partial charge is 0.183 e. The van der Waals surface area contributed by atoms with Gasteiger partial charge in [-0.25, -0.2) is 4.39 Å². The Morgan fingerprint density at radius 1 is 1.24 bits per heavy atom. The summed E-state index contributed by atoms with van der Waals surface area (Å²) in [5, 5.41) is -0.00282. The Labute approximate surface area is 127 Å². The maximum absolute atomic E-state index is 13.8. The van der Waals surface area contributed by atoms with Gasteiger partial charge in [-0.2, -0.15) is 0 Å². The molecule has 0 fully saturated rings. The molecule has 0 amide bonds. The zero-order chi connectivity index (χ0) is 15.4. The van der Waals surface area contributed by atoms with Crippen LogP contribution in [0, 0.1) is 5.82 Å². The molecule has 110 valence electrons. The molecule has 0 heterocycles. The van der Waals surface area contributed by atoms with E-state index in [1.54, 1.807) is 24.3 Å². The number of Topliss-reactive ketones (excluding diaryl/α,β-unsaturated/α-hetero) is 1. The number of methoxy groups -OCH3 is 1. The first-order chi connectivity index (χ1) is 10.0. The highest BCUT2D eigenvalue weighted by Gasteiger charge is 2.11. The predicted molar refractivity (Wildman–Crippen MR) is 78.7 cm³/mol. The Hall–Kier alpha value is -2.07. The van der Waals surface area contributed by atoms with Crippen LogP contribution in [0.1, 0.15) is 22.8 Å². The molecular formula is C16H14ClFO3. The van der Waals surface area contributed by atoms with Gasteiger partial charge in [0.15, 0.2) is 17.3 Å². The summed E-state index contributed by atoms with van der Waals surface area (Å²) in [6.45, 7) is 1.55. The van der Waals surface area contributed by atoms with E-state index in [1.807, 2.05) is 0 Å². The van der Waals surface area contributed by atoms with Gasteiger partial charge >= 0.3 is 0 Å². The minimum atomic E-state index is -0.610. The van der Waals surface area contributed by atoms with E-state index in [0.717, 1.165) is 0 Å². The molecule has 2 aromatic carbocycles. The number of hydrogen-bond acceptors (Lipinski definition) is 3. The van der Waals surface area contributed by atoms with Gasteiger partial charge in [0, 0.05) is 11.1 Å². The van der Waals surface area contributed by atoms with Gasteiger partial charge in [0.1, 0.15) is 12.4 Å². The fraction of sp³-hybridized carbons (Fsp3) is 0.188. The summed E-state index contributed by atoms with van der Waals surface area (Å²) < 4.78 is 24.4. The molecule has 0 N–H and O–H groups in total. The molecule has 3 nitrogen and oxygen atoms in total. The molecule has 5 heteroatoms. The quantitative estimate of drug-likeness (QED) is 0.774. The maximum atomic E-state index is 13.8. The van der Waals surface area contributed by atoms with Crippen molar-refractivity contribution in [2.24, 2.45) is 0 Å². The lowest BCUT2D eigenvalue weighted by Crippen LogP contribution is -2.02. The molecule has 0 unspecified atom stereocenters. The van der Waals surface area contributed by atoms with Crippen molar-refractivity contribution in [1.82, 2.24) is 0 Å². The monoisotopic (exact) mass is 308 g/mol. The van der Waals surface area contributed by atoms with E-state index in [9.17, 15) is 9.18 Å². The van der Waals surface area contributed by atoms with E-state index in [0.29, 0.717) is 16.9 Å². The highest BCUT2D eigenvalue weighted by molar-refractivity contribution is 6.30. The summed E-state index contributed by atoms with van der Waals surface area (Å²) in [6, 6.07) is 9.56. The average molecular weight is 309 g/mol. The topological polar surface area (TPSA) is 35.5 Å². The molecule has 2 rings (SSSR count). The predicted octanol–water partition coefficient (Wildman–Crippen LogP) is 4.27. The second-order valence-electron chi connectivity index (χ2n) is 4.42. The van der Waals surface area contributed by atoms with Crippen molar-refractivity contribution >= 4 is 17.4 Å². The summed E-state index contributed by atoms with van der Waals surface area (Å²) in [6.07, 6.45) is 0. The molecule has 0 atom stereocenters. The summed E-state index contributed by atoms with van der Waals surface area (Å²) in [5.74, 6) is -0.0473. The van der Waals surface area contributed by atoms with Gasteiger partial charge in [0.25, 0.3) is 0 Å². The SMILES string of the molecule is COc1ccc(C(C)=O)cc1COc1cccc(Cl)c1F. The lowest BCUT2D eigenvalue weighted by Gasteiger charge is -2.12. The number of carbonyl (C=O) groups excluding carboxylic acids is 1. The number of benzene rings is 2. The third-order valence-electron chi connectivity index (χ3n) is 2.99. The zero-order valence-corrected chi connectivity index (χ0v) is 12.4. The molecule has 21 heavy (non-hydrogen) atoms. The second kappa shape index (κ2) is 6.59. The van der Waals surface area contributed by atoms with Crippen LogP contribution in [0.2, 0.25) is 5.02 Å². The van der Waals surface area contributed by atoms with E-state index in [4.69, 9.17) is 21.1 Å². The van der Waals surface area contributed by atoms with Crippen LogP contribution < -0.4 is 9.47 Å². The summed E-state index contributed by atoms with van der Waals surface area (Å²) >= 11 is 5.70. The highest BCUT2D eigenvalue weighted by atomic mass is 35.5. The molecule has 0 aromatic heterocycles. The van der Waals surface area contributed by atoms with Crippen LogP contribution in [-0.2, 0) is 6.61 Å². The number of hydrogen-bond donors (Lipinski definition) is 0. The van der Waals surface area contributed by atoms with Crippen molar-refractivity contribution in [3.8, 4) is 11.5 Å². The van der Waals surface area contributed by atoms with Gasteiger partial charge in [0.2, 0.25) is 0 Å². The third kappa shape index (κ3) is 3.52. The van der Waals surface area contributed by atoms with Crippen molar-refractivity contribution in [1.29, 1.82) is 0 Å². The Kier molecular flexibility index (Phi) is 4.81. The van der Waals surface area contributed by atoms with Crippen LogP contribution in [0.15, 0.2) is 36.4 Å². The van der Waals surface area contributed by atoms with E-state index in [-0.39, 0.29) is 23.2 Å². The Morgan fingerprint density at radius 3 is 2.67 bits per heavy atom. The Balaban J connectivity index is 2.24. The van der Waals surface area contributed by atoms with Crippen LogP contribution in [-0.4, -0.2) is 12.9 Å². The van der Waals surface area contributed by atoms with Gasteiger partial charge < -0.3 is 9.47 Å². The first-order valence-corrected chi connectivity index (χ1v) is 6.65. The molecule has 0 aliphatic heterocycles. The van der Waals surface area contributed by atoms with Crippen molar-refractivity contribution in [2.75, 3.05) is 7.11 Å². The van der Waals surface area contributed by atoms with Gasteiger partial charge in [-0.05, 0) is 37.3 Å². The minimum absolute atomic E-state index is 0.00282. The van der Waals surface area contributed by atoms with Gasteiger partial charge in [0.05, 0.1) is 12.1 Å². The van der Waals surface area contributed by atoms with E-state index in [2.05, 4.69) is 0 Å². The Bertz CT molecular complexity index is 671. The summed E-state index contributed by atoms with van der Waals surface area (Å²) in [7, 11) is 1.52. The van der Waals surface area contributed by atoms with Gasteiger partial charge in [-0.15, -0.1) is 0 Å². The molecular weight excluding hydrogens is 295 g/mol. The maximum Gasteiger partial charge on any atom is 0.183 e. The van der Waals surface area contributed by atoms with Crippen LogP contribution >= 0.6 is 11.6 Å². The molecule has 0 aliphatic carbocycles. The van der Waals surface area contributed by atoms with Crippen molar-refractivity contribution in [2.45, 2.75) is 13.5 Å². The zero-order valence-electron chi connectivity index (χ0n) is 11.7. The normalized spacial score (nSPS) is 10.3. The average Bonchev–Trinajstić information content (AvgIpc) is 2.48. The number of halogens is 2. The fourth-order valence-electron chi connectivity index (χ4n) is 1.86. The van der Waals surface area contributed by atoms with Crippen molar-refractivity contribution in [3.05, 3.63) is 58.4 Å². The molecule has 2 aromatic rings. The Morgan fingerprint density at radius 2 is 2.00 bits per heavy atom. The van der Waals surface area contributed by atoms with Crippen LogP contribution in [0.3, 0.4) is 0 Å². The molecule has 0 aliphatic rings. The first-order valence-electron chi connectivity index (χ1n) is 6.27. The number of carbonyl (C=O) groups is 1. The lowest BCUT2D eigenvalue weighted by atomic mass is 10.1. The number of rotatable bonds is 5. The van der Waals surface area contributed by atoms with E-state index in [1.165, 1.54) is 26.2 Å². The largest absolute Gasteiger partial charge is 0.496 e. The summed E-state index contributed by atoms with van der Waals surface area (Å²) in [5.41, 5.74) is 1.20. The molecule has 0 radical (unpaired) electrons. The third-order valence-corrected chi connectivity index (χ3v) is 3.28. The molecule has 0 bridgehead atoms. The molecule has 0 saturated heterocycles. The number of ketones is 1. The summed E-state index contributed by atoms with van der Waals surface area (Å²) in [4.78, 5) is 11.4. The minimum Gasteiger partial charge on any atom is -0.496 e. The first kappa shape index (κ1) is 15.3. The van der Waals surface area contributed by atoms with Crippen molar-refractivity contribution < 1.29 is 18.7 Å². The molecule has 0 saturated carbocycles. The van der Waals surface area contributed by atoms with E-state index < -0.39 is 5.82 Å². The van der Waals surface area contributed by atoms with Crippen molar-refractivity contribution in [3.63, 3.8) is 0 Å². The van der Waals surface area contributed by atoms with Gasteiger partial charge in [-0.3, -0.25) is 4.79 Å². The second-order valence-corrected chi connectivity index (χ2v) is 4.83.